The third-order valence-corrected chi connectivity index (χ3v) is 3.00. The van der Waals surface area contributed by atoms with Crippen LogP contribution in [0.15, 0.2) is 32.9 Å². The van der Waals surface area contributed by atoms with Gasteiger partial charge in [0, 0.05) is 0 Å². The molecule has 0 saturated carbocycles. The van der Waals surface area contributed by atoms with Crippen molar-refractivity contribution in [3.8, 4) is 11.5 Å². The summed E-state index contributed by atoms with van der Waals surface area (Å²) in [5, 5.41) is 9.36. The number of rotatable bonds is 7. The minimum atomic E-state index is -0.739. The second-order valence-electron chi connectivity index (χ2n) is 4.77. The van der Waals surface area contributed by atoms with Crippen molar-refractivity contribution in [2.45, 2.75) is 13.3 Å². The number of benzene rings is 1. The highest BCUT2D eigenvalue weighted by Crippen LogP contribution is 2.27. The molecule has 2 aromatic rings. The first-order valence-corrected chi connectivity index (χ1v) is 7.34. The van der Waals surface area contributed by atoms with Gasteiger partial charge in [-0.05, 0) is 30.7 Å². The second kappa shape index (κ2) is 8.43. The van der Waals surface area contributed by atoms with Gasteiger partial charge in [-0.2, -0.15) is 10.2 Å². The van der Waals surface area contributed by atoms with Gasteiger partial charge in [-0.15, -0.1) is 0 Å². The van der Waals surface area contributed by atoms with Crippen molar-refractivity contribution in [2.24, 2.45) is 5.10 Å². The first-order chi connectivity index (χ1) is 12.0. The van der Waals surface area contributed by atoms with Gasteiger partial charge >= 0.3 is 5.69 Å². The van der Waals surface area contributed by atoms with Gasteiger partial charge in [-0.1, -0.05) is 0 Å². The van der Waals surface area contributed by atoms with Crippen LogP contribution in [0.25, 0.3) is 0 Å². The molecule has 132 valence electrons. The molecule has 0 aliphatic rings. The van der Waals surface area contributed by atoms with Crippen LogP contribution in [0.5, 0.6) is 11.5 Å². The van der Waals surface area contributed by atoms with Crippen molar-refractivity contribution in [1.82, 2.24) is 20.6 Å². The van der Waals surface area contributed by atoms with E-state index >= 15 is 0 Å². The number of amides is 1. The van der Waals surface area contributed by atoms with E-state index in [2.05, 4.69) is 20.7 Å². The molecule has 0 radical (unpaired) electrons. The van der Waals surface area contributed by atoms with Crippen LogP contribution in [0.3, 0.4) is 0 Å². The Hall–Kier alpha value is -3.43. The van der Waals surface area contributed by atoms with Crippen LogP contribution in [0.1, 0.15) is 18.2 Å². The quantitative estimate of drug-likeness (QED) is 0.458. The molecule has 0 atom stereocenters. The maximum Gasteiger partial charge on any atom is 0.342 e. The normalized spacial score (nSPS) is 10.6. The summed E-state index contributed by atoms with van der Waals surface area (Å²) in [5.74, 6) is 0.592. The van der Waals surface area contributed by atoms with Gasteiger partial charge in [0.2, 0.25) is 5.91 Å². The van der Waals surface area contributed by atoms with Crippen molar-refractivity contribution >= 4 is 12.1 Å². The minimum Gasteiger partial charge on any atom is -0.493 e. The third kappa shape index (κ3) is 5.03. The molecule has 10 heteroatoms. The van der Waals surface area contributed by atoms with E-state index in [-0.39, 0.29) is 12.1 Å². The van der Waals surface area contributed by atoms with Crippen molar-refractivity contribution in [2.75, 3.05) is 13.7 Å². The van der Waals surface area contributed by atoms with Crippen LogP contribution in [0, 0.1) is 0 Å². The smallest absolute Gasteiger partial charge is 0.342 e. The predicted molar refractivity (Wildman–Crippen MR) is 89.1 cm³/mol. The lowest BCUT2D eigenvalue weighted by Gasteiger charge is -2.09. The summed E-state index contributed by atoms with van der Waals surface area (Å²) >= 11 is 0. The van der Waals surface area contributed by atoms with Crippen molar-refractivity contribution in [1.29, 1.82) is 0 Å². The molecular formula is C15H17N5O5. The fraction of sp³-hybridized carbons (Fsp3) is 0.267. The average Bonchev–Trinajstić information content (AvgIpc) is 2.59. The number of hydrogen-bond acceptors (Lipinski definition) is 7. The second-order valence-corrected chi connectivity index (χ2v) is 4.77. The Balaban J connectivity index is 1.99. The van der Waals surface area contributed by atoms with Crippen LogP contribution in [0.4, 0.5) is 0 Å². The summed E-state index contributed by atoms with van der Waals surface area (Å²) in [4.78, 5) is 36.0. The number of aromatic nitrogens is 3. The number of aromatic amines is 2. The van der Waals surface area contributed by atoms with Gasteiger partial charge in [0.15, 0.2) is 11.5 Å². The summed E-state index contributed by atoms with van der Waals surface area (Å²) in [6.07, 6.45) is 1.09. The summed E-state index contributed by atoms with van der Waals surface area (Å²) in [6.45, 7) is 2.38. The highest BCUT2D eigenvalue weighted by atomic mass is 16.5. The molecule has 2 rings (SSSR count). The van der Waals surface area contributed by atoms with E-state index in [4.69, 9.17) is 9.47 Å². The topological polar surface area (TPSA) is 139 Å². The van der Waals surface area contributed by atoms with E-state index in [1.165, 1.54) is 13.3 Å². The number of hydrazone groups is 1. The molecular weight excluding hydrogens is 330 g/mol. The number of methoxy groups -OCH3 is 1. The zero-order valence-electron chi connectivity index (χ0n) is 13.7. The summed E-state index contributed by atoms with van der Waals surface area (Å²) in [5.41, 5.74) is 1.38. The number of nitrogens with one attached hydrogen (secondary N) is 3. The van der Waals surface area contributed by atoms with Gasteiger partial charge in [-0.25, -0.2) is 15.3 Å². The molecule has 1 aromatic heterocycles. The molecule has 0 saturated heterocycles. The standard InChI is InChI=1S/C15H17N5O5/c1-3-25-11-5-4-9(6-12(11)24-2)8-16-19-13(21)7-10-14(22)17-15(23)20-18-10/h4-6,8H,3,7H2,1-2H3,(H,19,21)(H2,17,20,22,23)/b16-8+. The highest BCUT2D eigenvalue weighted by molar-refractivity contribution is 5.83. The van der Waals surface area contributed by atoms with Crippen LogP contribution >= 0.6 is 0 Å². The molecule has 1 heterocycles. The van der Waals surface area contributed by atoms with Crippen molar-refractivity contribution in [3.05, 3.63) is 50.3 Å². The van der Waals surface area contributed by atoms with Gasteiger partial charge in [0.1, 0.15) is 5.69 Å². The Labute approximate surface area is 141 Å². The fourth-order valence-electron chi connectivity index (χ4n) is 1.90. The Morgan fingerprint density at radius 2 is 2.16 bits per heavy atom. The molecule has 1 aromatic carbocycles. The van der Waals surface area contributed by atoms with Gasteiger partial charge < -0.3 is 9.47 Å². The molecule has 0 aliphatic heterocycles. The highest BCUT2D eigenvalue weighted by Gasteiger charge is 2.08. The SMILES string of the molecule is CCOc1ccc(/C=N/NC(=O)Cc2n[nH]c(=O)[nH]c2=O)cc1OC. The lowest BCUT2D eigenvalue weighted by molar-refractivity contribution is -0.120. The lowest BCUT2D eigenvalue weighted by Crippen LogP contribution is -2.31. The molecule has 0 aliphatic carbocycles. The molecule has 3 N–H and O–H groups in total. The Morgan fingerprint density at radius 3 is 2.84 bits per heavy atom. The zero-order chi connectivity index (χ0) is 18.2. The molecule has 0 bridgehead atoms. The van der Waals surface area contributed by atoms with Crippen molar-refractivity contribution in [3.63, 3.8) is 0 Å². The number of carbonyl (C=O) groups is 1. The van der Waals surface area contributed by atoms with Gasteiger partial charge in [-0.3, -0.25) is 14.6 Å². The fourth-order valence-corrected chi connectivity index (χ4v) is 1.90. The van der Waals surface area contributed by atoms with Crippen LogP contribution < -0.4 is 26.1 Å². The summed E-state index contributed by atoms with van der Waals surface area (Å²) in [6, 6.07) is 5.18. The molecule has 25 heavy (non-hydrogen) atoms. The van der Waals surface area contributed by atoms with E-state index in [0.717, 1.165) is 0 Å². The van der Waals surface area contributed by atoms with E-state index in [1.807, 2.05) is 11.9 Å². The average molecular weight is 347 g/mol. The van der Waals surface area contributed by atoms with Gasteiger partial charge in [0.05, 0.1) is 26.4 Å². The zero-order valence-corrected chi connectivity index (χ0v) is 13.7. The largest absolute Gasteiger partial charge is 0.493 e. The lowest BCUT2D eigenvalue weighted by atomic mass is 10.2. The van der Waals surface area contributed by atoms with E-state index in [1.54, 1.807) is 18.2 Å². The third-order valence-electron chi connectivity index (χ3n) is 3.00. The Kier molecular flexibility index (Phi) is 6.04. The van der Waals surface area contributed by atoms with E-state index in [9.17, 15) is 14.4 Å². The first-order valence-electron chi connectivity index (χ1n) is 7.34. The number of hydrogen-bond donors (Lipinski definition) is 3. The predicted octanol–water partition coefficient (Wildman–Crippen LogP) is -0.442. The molecule has 1 amide bonds. The molecule has 0 unspecified atom stereocenters. The van der Waals surface area contributed by atoms with Gasteiger partial charge in [0.25, 0.3) is 5.56 Å². The molecule has 0 fully saturated rings. The van der Waals surface area contributed by atoms with Crippen LogP contribution in [0.2, 0.25) is 0 Å². The molecule has 10 nitrogen and oxygen atoms in total. The van der Waals surface area contributed by atoms with Crippen LogP contribution in [-0.2, 0) is 11.2 Å². The first kappa shape index (κ1) is 17.9. The maximum atomic E-state index is 11.7. The number of ether oxygens (including phenoxy) is 2. The maximum absolute atomic E-state index is 11.7. The van der Waals surface area contributed by atoms with E-state index < -0.39 is 17.2 Å². The molecule has 0 spiro atoms. The van der Waals surface area contributed by atoms with Crippen molar-refractivity contribution < 1.29 is 14.3 Å². The monoisotopic (exact) mass is 347 g/mol. The number of carbonyl (C=O) groups excluding carboxylic acids is 1. The van der Waals surface area contributed by atoms with E-state index in [0.29, 0.717) is 23.7 Å². The van der Waals surface area contributed by atoms with Crippen LogP contribution in [-0.4, -0.2) is 41.0 Å². The Bertz CT molecular complexity index is 886. The summed E-state index contributed by atoms with van der Waals surface area (Å²) < 4.78 is 10.6. The number of H-pyrrole nitrogens is 2. The minimum absolute atomic E-state index is 0.116. The number of nitrogens with zero attached hydrogens (tertiary/aromatic N) is 2. The summed E-state index contributed by atoms with van der Waals surface area (Å²) in [7, 11) is 1.52. The Morgan fingerprint density at radius 1 is 1.36 bits per heavy atom.